The number of nitro benzene ring substituents is 1. The molecule has 2 N–H and O–H groups in total. The molecule has 1 aromatic carbocycles. The zero-order valence-electron chi connectivity index (χ0n) is 12.5. The van der Waals surface area contributed by atoms with Crippen molar-refractivity contribution in [1.82, 2.24) is 0 Å². The van der Waals surface area contributed by atoms with Crippen molar-refractivity contribution < 1.29 is 14.4 Å². The van der Waals surface area contributed by atoms with Crippen LogP contribution in [0.3, 0.4) is 0 Å². The fraction of sp³-hybridized carbons (Fsp3) is 0.600. The highest BCUT2D eigenvalue weighted by Crippen LogP contribution is 2.38. The van der Waals surface area contributed by atoms with Crippen molar-refractivity contribution >= 4 is 5.69 Å². The van der Waals surface area contributed by atoms with Gasteiger partial charge in [-0.2, -0.15) is 0 Å². The molecule has 0 spiro atoms. The van der Waals surface area contributed by atoms with E-state index in [1.165, 1.54) is 0 Å². The Labute approximate surface area is 124 Å². The first-order chi connectivity index (χ1) is 9.97. The van der Waals surface area contributed by atoms with Gasteiger partial charge in [0.05, 0.1) is 17.1 Å². The number of nitro groups is 1. The molecule has 1 aromatic rings. The highest BCUT2D eigenvalue weighted by atomic mass is 16.6. The van der Waals surface area contributed by atoms with E-state index in [9.17, 15) is 10.1 Å². The largest absolute Gasteiger partial charge is 0.484 e. The third-order valence-corrected chi connectivity index (χ3v) is 3.52. The van der Waals surface area contributed by atoms with Crippen molar-refractivity contribution in [1.29, 1.82) is 0 Å². The predicted molar refractivity (Wildman–Crippen MR) is 79.7 cm³/mol. The summed E-state index contributed by atoms with van der Waals surface area (Å²) < 4.78 is 11.4. The zero-order valence-corrected chi connectivity index (χ0v) is 12.5. The van der Waals surface area contributed by atoms with Crippen LogP contribution in [0.25, 0.3) is 0 Å². The van der Waals surface area contributed by atoms with Gasteiger partial charge in [0.1, 0.15) is 0 Å². The average molecular weight is 294 g/mol. The number of para-hydroxylation sites is 1. The summed E-state index contributed by atoms with van der Waals surface area (Å²) >= 11 is 0. The molecule has 0 bridgehead atoms. The Morgan fingerprint density at radius 2 is 1.86 bits per heavy atom. The molecule has 1 aliphatic carbocycles. The molecule has 6 nitrogen and oxygen atoms in total. The van der Waals surface area contributed by atoms with Crippen LogP contribution in [0.15, 0.2) is 18.2 Å². The number of nitrogens with two attached hydrogens (primary N) is 1. The highest BCUT2D eigenvalue weighted by molar-refractivity contribution is 5.57. The minimum absolute atomic E-state index is 0.0159. The first kappa shape index (κ1) is 15.6. The molecular formula is C15H22N2O4. The molecule has 0 amide bonds. The van der Waals surface area contributed by atoms with Crippen LogP contribution in [0, 0.1) is 10.1 Å². The van der Waals surface area contributed by atoms with Gasteiger partial charge in [-0.1, -0.05) is 6.07 Å². The molecule has 0 radical (unpaired) electrons. The highest BCUT2D eigenvalue weighted by Gasteiger charge is 2.27. The number of hydrogen-bond donors (Lipinski definition) is 1. The first-order valence-electron chi connectivity index (χ1n) is 7.33. The van der Waals surface area contributed by atoms with Crippen LogP contribution in [0.4, 0.5) is 5.69 Å². The second-order valence-electron chi connectivity index (χ2n) is 5.68. The molecule has 0 unspecified atom stereocenters. The lowest BCUT2D eigenvalue weighted by atomic mass is 9.94. The van der Waals surface area contributed by atoms with E-state index in [4.69, 9.17) is 15.2 Å². The van der Waals surface area contributed by atoms with Crippen LogP contribution < -0.4 is 15.2 Å². The lowest BCUT2D eigenvalue weighted by Gasteiger charge is -2.26. The number of nitrogens with zero attached hydrogens (tertiary/aromatic N) is 1. The monoisotopic (exact) mass is 294 g/mol. The molecule has 1 saturated carbocycles. The van der Waals surface area contributed by atoms with Crippen molar-refractivity contribution in [2.45, 2.75) is 57.8 Å². The summed E-state index contributed by atoms with van der Waals surface area (Å²) in [5, 5.41) is 11.3. The van der Waals surface area contributed by atoms with Gasteiger partial charge < -0.3 is 15.2 Å². The minimum Gasteiger partial charge on any atom is -0.484 e. The van der Waals surface area contributed by atoms with E-state index >= 15 is 0 Å². The summed E-state index contributed by atoms with van der Waals surface area (Å²) in [6.07, 6.45) is 3.28. The lowest BCUT2D eigenvalue weighted by Crippen LogP contribution is -2.31. The summed E-state index contributed by atoms with van der Waals surface area (Å²) in [6, 6.07) is 5.16. The zero-order chi connectivity index (χ0) is 15.4. The Kier molecular flexibility index (Phi) is 5.01. The Balaban J connectivity index is 2.20. The molecule has 1 fully saturated rings. The Hall–Kier alpha value is -1.82. The van der Waals surface area contributed by atoms with Crippen molar-refractivity contribution in [2.24, 2.45) is 5.73 Å². The summed E-state index contributed by atoms with van der Waals surface area (Å²) in [6.45, 7) is 3.67. The van der Waals surface area contributed by atoms with Gasteiger partial charge in [-0.15, -0.1) is 0 Å². The van der Waals surface area contributed by atoms with Crippen LogP contribution in [-0.4, -0.2) is 23.2 Å². The summed E-state index contributed by atoms with van der Waals surface area (Å²) in [4.78, 5) is 10.9. The summed E-state index contributed by atoms with van der Waals surface area (Å²) in [5.74, 6) is 0.527. The third-order valence-electron chi connectivity index (χ3n) is 3.52. The molecule has 0 saturated heterocycles. The molecule has 116 valence electrons. The molecule has 6 heteroatoms. The molecular weight excluding hydrogens is 272 g/mol. The third kappa shape index (κ3) is 4.07. The van der Waals surface area contributed by atoms with Crippen molar-refractivity contribution in [3.05, 3.63) is 28.3 Å². The summed E-state index contributed by atoms with van der Waals surface area (Å²) in [7, 11) is 0. The fourth-order valence-electron chi connectivity index (χ4n) is 2.51. The minimum atomic E-state index is -0.443. The predicted octanol–water partition coefficient (Wildman–Crippen LogP) is 3.03. The molecule has 0 heterocycles. The number of benzene rings is 1. The average Bonchev–Trinajstić information content (AvgIpc) is 2.40. The topological polar surface area (TPSA) is 87.6 Å². The van der Waals surface area contributed by atoms with Gasteiger partial charge in [0, 0.05) is 6.04 Å². The standard InChI is InChI=1S/C15H22N2O4/c1-10(2)20-13-4-3-5-14(15(13)17(18)19)21-12-8-6-11(16)7-9-12/h3-5,10-12H,6-9,16H2,1-2H3. The van der Waals surface area contributed by atoms with E-state index < -0.39 is 4.92 Å². The molecule has 21 heavy (non-hydrogen) atoms. The maximum Gasteiger partial charge on any atom is 0.352 e. The molecule has 0 atom stereocenters. The van der Waals surface area contributed by atoms with Crippen LogP contribution in [0.1, 0.15) is 39.5 Å². The molecule has 0 aliphatic heterocycles. The fourth-order valence-corrected chi connectivity index (χ4v) is 2.51. The van der Waals surface area contributed by atoms with Crippen LogP contribution in [0.5, 0.6) is 11.5 Å². The SMILES string of the molecule is CC(C)Oc1cccc(OC2CCC(N)CC2)c1[N+](=O)[O-]. The van der Waals surface area contributed by atoms with E-state index in [-0.39, 0.29) is 35.4 Å². The number of hydrogen-bond acceptors (Lipinski definition) is 5. The maximum atomic E-state index is 11.3. The second-order valence-corrected chi connectivity index (χ2v) is 5.68. The molecule has 0 aromatic heterocycles. The molecule has 2 rings (SSSR count). The van der Waals surface area contributed by atoms with Crippen LogP contribution in [-0.2, 0) is 0 Å². The van der Waals surface area contributed by atoms with E-state index in [2.05, 4.69) is 0 Å². The van der Waals surface area contributed by atoms with Gasteiger partial charge in [0.2, 0.25) is 11.5 Å². The van der Waals surface area contributed by atoms with E-state index in [1.54, 1.807) is 18.2 Å². The Bertz CT molecular complexity index is 496. The maximum absolute atomic E-state index is 11.3. The Morgan fingerprint density at radius 3 is 2.43 bits per heavy atom. The quantitative estimate of drug-likeness (QED) is 0.666. The lowest BCUT2D eigenvalue weighted by molar-refractivity contribution is -0.387. The normalized spacial score (nSPS) is 22.1. The van der Waals surface area contributed by atoms with Gasteiger partial charge >= 0.3 is 5.69 Å². The van der Waals surface area contributed by atoms with Crippen LogP contribution in [0.2, 0.25) is 0 Å². The van der Waals surface area contributed by atoms with Crippen molar-refractivity contribution in [3.8, 4) is 11.5 Å². The van der Waals surface area contributed by atoms with E-state index in [1.807, 2.05) is 13.8 Å². The smallest absolute Gasteiger partial charge is 0.352 e. The summed E-state index contributed by atoms with van der Waals surface area (Å²) in [5.41, 5.74) is 5.77. The number of ether oxygens (including phenoxy) is 2. The number of rotatable bonds is 5. The van der Waals surface area contributed by atoms with Gasteiger partial charge in [-0.05, 0) is 51.7 Å². The van der Waals surface area contributed by atoms with E-state index in [0.717, 1.165) is 25.7 Å². The van der Waals surface area contributed by atoms with Gasteiger partial charge in [-0.3, -0.25) is 10.1 Å². The Morgan fingerprint density at radius 1 is 1.24 bits per heavy atom. The van der Waals surface area contributed by atoms with Crippen LogP contribution >= 0.6 is 0 Å². The second kappa shape index (κ2) is 6.76. The molecule has 1 aliphatic rings. The van der Waals surface area contributed by atoms with Crippen molar-refractivity contribution in [3.63, 3.8) is 0 Å². The van der Waals surface area contributed by atoms with Crippen molar-refractivity contribution in [2.75, 3.05) is 0 Å². The van der Waals surface area contributed by atoms with Gasteiger partial charge in [0.15, 0.2) is 0 Å². The van der Waals surface area contributed by atoms with E-state index in [0.29, 0.717) is 0 Å². The first-order valence-corrected chi connectivity index (χ1v) is 7.33. The van der Waals surface area contributed by atoms with Gasteiger partial charge in [0.25, 0.3) is 0 Å². The van der Waals surface area contributed by atoms with Gasteiger partial charge in [-0.25, -0.2) is 0 Å².